The second kappa shape index (κ2) is 8.84. The predicted molar refractivity (Wildman–Crippen MR) is 118 cm³/mol. The Bertz CT molecular complexity index is 1230. The number of rotatable bonds is 5. The van der Waals surface area contributed by atoms with Crippen LogP contribution < -0.4 is 5.32 Å². The molecule has 0 spiro atoms. The van der Waals surface area contributed by atoms with Gasteiger partial charge in [0.15, 0.2) is 6.61 Å². The SMILES string of the molecule is O=C(COC(=O)c1cc(-c2cccnc2)nc2ccccc12)Nc1ccccc1Br. The number of benzene rings is 2. The number of carbonyl (C=O) groups is 2. The molecule has 4 rings (SSSR count). The van der Waals surface area contributed by atoms with E-state index in [-0.39, 0.29) is 0 Å². The molecule has 2 aromatic heterocycles. The normalized spacial score (nSPS) is 10.6. The highest BCUT2D eigenvalue weighted by molar-refractivity contribution is 9.10. The van der Waals surface area contributed by atoms with Gasteiger partial charge in [-0.15, -0.1) is 0 Å². The van der Waals surface area contributed by atoms with Crippen molar-refractivity contribution in [2.75, 3.05) is 11.9 Å². The fourth-order valence-corrected chi connectivity index (χ4v) is 3.35. The van der Waals surface area contributed by atoms with Gasteiger partial charge in [-0.1, -0.05) is 30.3 Å². The molecule has 0 radical (unpaired) electrons. The lowest BCUT2D eigenvalue weighted by Gasteiger charge is -2.11. The lowest BCUT2D eigenvalue weighted by molar-refractivity contribution is -0.119. The fourth-order valence-electron chi connectivity index (χ4n) is 2.96. The smallest absolute Gasteiger partial charge is 0.339 e. The molecule has 0 aliphatic heterocycles. The summed E-state index contributed by atoms with van der Waals surface area (Å²) in [4.78, 5) is 33.8. The topological polar surface area (TPSA) is 81.2 Å². The van der Waals surface area contributed by atoms with E-state index in [4.69, 9.17) is 4.74 Å². The van der Waals surface area contributed by atoms with Gasteiger partial charge in [0.25, 0.3) is 5.91 Å². The summed E-state index contributed by atoms with van der Waals surface area (Å²) in [6, 6.07) is 19.8. The number of hydrogen-bond donors (Lipinski definition) is 1. The van der Waals surface area contributed by atoms with Gasteiger partial charge >= 0.3 is 5.97 Å². The van der Waals surface area contributed by atoms with E-state index in [1.54, 1.807) is 42.7 Å². The largest absolute Gasteiger partial charge is 0.452 e. The molecule has 7 heteroatoms. The number of pyridine rings is 2. The van der Waals surface area contributed by atoms with Gasteiger partial charge in [-0.05, 0) is 52.3 Å². The number of nitrogens with zero attached hydrogens (tertiary/aromatic N) is 2. The molecule has 30 heavy (non-hydrogen) atoms. The van der Waals surface area contributed by atoms with Crippen molar-refractivity contribution in [3.8, 4) is 11.3 Å². The molecule has 0 saturated heterocycles. The molecule has 0 bridgehead atoms. The maximum atomic E-state index is 12.8. The first-order chi connectivity index (χ1) is 14.6. The maximum absolute atomic E-state index is 12.8. The minimum absolute atomic E-state index is 0.341. The average molecular weight is 462 g/mol. The van der Waals surface area contributed by atoms with E-state index in [1.165, 1.54) is 0 Å². The van der Waals surface area contributed by atoms with Crippen LogP contribution >= 0.6 is 15.9 Å². The van der Waals surface area contributed by atoms with Gasteiger partial charge in [-0.25, -0.2) is 9.78 Å². The van der Waals surface area contributed by atoms with Crippen LogP contribution in [-0.4, -0.2) is 28.5 Å². The number of halogens is 1. The van der Waals surface area contributed by atoms with Gasteiger partial charge in [0.05, 0.1) is 22.5 Å². The Labute approximate surface area is 181 Å². The molecule has 0 atom stereocenters. The van der Waals surface area contributed by atoms with E-state index < -0.39 is 18.5 Å². The molecule has 0 fully saturated rings. The Morgan fingerprint density at radius 1 is 1.00 bits per heavy atom. The molecular weight excluding hydrogens is 446 g/mol. The molecule has 148 valence electrons. The highest BCUT2D eigenvalue weighted by atomic mass is 79.9. The molecule has 1 N–H and O–H groups in total. The van der Waals surface area contributed by atoms with Crippen LogP contribution in [0.1, 0.15) is 10.4 Å². The average Bonchev–Trinajstić information content (AvgIpc) is 2.79. The molecule has 0 aliphatic rings. The van der Waals surface area contributed by atoms with Crippen molar-refractivity contribution in [1.82, 2.24) is 9.97 Å². The zero-order valence-electron chi connectivity index (χ0n) is 15.7. The molecule has 2 aromatic carbocycles. The lowest BCUT2D eigenvalue weighted by atomic mass is 10.1. The first-order valence-corrected chi connectivity index (χ1v) is 9.93. The summed E-state index contributed by atoms with van der Waals surface area (Å²) in [5, 5.41) is 3.36. The quantitative estimate of drug-likeness (QED) is 0.429. The second-order valence-corrected chi connectivity index (χ2v) is 7.27. The predicted octanol–water partition coefficient (Wildman–Crippen LogP) is 4.85. The highest BCUT2D eigenvalue weighted by Gasteiger charge is 2.17. The first-order valence-electron chi connectivity index (χ1n) is 9.13. The van der Waals surface area contributed by atoms with Crippen LogP contribution in [0.2, 0.25) is 0 Å². The number of carbonyl (C=O) groups excluding carboxylic acids is 2. The van der Waals surface area contributed by atoms with Gasteiger partial charge in [0.2, 0.25) is 0 Å². The maximum Gasteiger partial charge on any atom is 0.339 e. The molecule has 0 saturated carbocycles. The molecule has 2 heterocycles. The number of anilines is 1. The van der Waals surface area contributed by atoms with Gasteiger partial charge < -0.3 is 10.1 Å². The van der Waals surface area contributed by atoms with Crippen LogP contribution in [0.3, 0.4) is 0 Å². The van der Waals surface area contributed by atoms with E-state index in [0.717, 1.165) is 10.0 Å². The summed E-state index contributed by atoms with van der Waals surface area (Å²) in [7, 11) is 0. The first kappa shape index (κ1) is 19.7. The fraction of sp³-hybridized carbons (Fsp3) is 0.0435. The zero-order chi connectivity index (χ0) is 20.9. The summed E-state index contributed by atoms with van der Waals surface area (Å²) >= 11 is 3.36. The summed E-state index contributed by atoms with van der Waals surface area (Å²) < 4.78 is 6.03. The van der Waals surface area contributed by atoms with Crippen LogP contribution in [0.15, 0.2) is 83.6 Å². The van der Waals surface area contributed by atoms with Gasteiger partial charge in [0, 0.05) is 27.8 Å². The minimum Gasteiger partial charge on any atom is -0.452 e. The Hall–Kier alpha value is -3.58. The number of aromatic nitrogens is 2. The number of amides is 1. The Morgan fingerprint density at radius 3 is 2.60 bits per heavy atom. The van der Waals surface area contributed by atoms with Crippen molar-refractivity contribution < 1.29 is 14.3 Å². The van der Waals surface area contributed by atoms with Gasteiger partial charge in [0.1, 0.15) is 0 Å². The van der Waals surface area contributed by atoms with E-state index in [9.17, 15) is 9.59 Å². The number of fused-ring (bicyclic) bond motifs is 1. The van der Waals surface area contributed by atoms with Crippen molar-refractivity contribution in [2.45, 2.75) is 0 Å². The molecule has 4 aromatic rings. The van der Waals surface area contributed by atoms with Crippen LogP contribution in [0.25, 0.3) is 22.2 Å². The van der Waals surface area contributed by atoms with E-state index >= 15 is 0 Å². The van der Waals surface area contributed by atoms with Crippen molar-refractivity contribution in [3.63, 3.8) is 0 Å². The van der Waals surface area contributed by atoms with Crippen LogP contribution in [0.4, 0.5) is 5.69 Å². The number of nitrogens with one attached hydrogen (secondary N) is 1. The monoisotopic (exact) mass is 461 g/mol. The van der Waals surface area contributed by atoms with Crippen LogP contribution in [-0.2, 0) is 9.53 Å². The summed E-state index contributed by atoms with van der Waals surface area (Å²) in [6.45, 7) is -0.404. The number of ether oxygens (including phenoxy) is 1. The third kappa shape index (κ3) is 4.36. The second-order valence-electron chi connectivity index (χ2n) is 6.42. The third-order valence-corrected chi connectivity index (χ3v) is 5.07. The highest BCUT2D eigenvalue weighted by Crippen LogP contribution is 2.25. The van der Waals surface area contributed by atoms with Gasteiger partial charge in [-0.3, -0.25) is 9.78 Å². The number of esters is 1. The van der Waals surface area contributed by atoms with Crippen molar-refractivity contribution in [3.05, 3.63) is 89.2 Å². The van der Waals surface area contributed by atoms with E-state index in [2.05, 4.69) is 31.2 Å². The van der Waals surface area contributed by atoms with Gasteiger partial charge in [-0.2, -0.15) is 0 Å². The van der Waals surface area contributed by atoms with Crippen LogP contribution in [0.5, 0.6) is 0 Å². The molecule has 1 amide bonds. The van der Waals surface area contributed by atoms with Crippen molar-refractivity contribution >= 4 is 44.4 Å². The minimum atomic E-state index is -0.596. The Morgan fingerprint density at radius 2 is 1.80 bits per heavy atom. The van der Waals surface area contributed by atoms with Crippen molar-refractivity contribution in [1.29, 1.82) is 0 Å². The Kier molecular flexibility index (Phi) is 5.81. The number of para-hydroxylation sites is 2. The van der Waals surface area contributed by atoms with E-state index in [0.29, 0.717) is 27.8 Å². The molecule has 6 nitrogen and oxygen atoms in total. The zero-order valence-corrected chi connectivity index (χ0v) is 17.3. The summed E-state index contributed by atoms with van der Waals surface area (Å²) in [5.41, 5.74) is 2.98. The number of hydrogen-bond acceptors (Lipinski definition) is 5. The molecule has 0 aliphatic carbocycles. The van der Waals surface area contributed by atoms with Crippen molar-refractivity contribution in [2.24, 2.45) is 0 Å². The summed E-state index contributed by atoms with van der Waals surface area (Å²) in [5.74, 6) is -1.03. The Balaban J connectivity index is 1.57. The molecule has 0 unspecified atom stereocenters. The third-order valence-electron chi connectivity index (χ3n) is 4.38. The molecular formula is C23H16BrN3O3. The summed E-state index contributed by atoms with van der Waals surface area (Å²) in [6.07, 6.45) is 3.35. The van der Waals surface area contributed by atoms with Crippen LogP contribution in [0, 0.1) is 0 Å². The standard InChI is InChI=1S/C23H16BrN3O3/c24-18-8-2-4-10-20(18)27-22(28)14-30-23(29)17-12-21(15-6-5-11-25-13-15)26-19-9-3-1-7-16(17)19/h1-13H,14H2,(H,27,28). The van der Waals surface area contributed by atoms with E-state index in [1.807, 2.05) is 36.4 Å². The lowest BCUT2D eigenvalue weighted by Crippen LogP contribution is -2.21.